The SMILES string of the molecule is COc1cc(Nc2nccc(-c3sc(C(C)C)nc3C)n2)cc(OC)c1OC. The Balaban J connectivity index is 1.94. The predicted molar refractivity (Wildman–Crippen MR) is 111 cm³/mol. The molecule has 3 rings (SSSR count). The molecule has 1 N–H and O–H groups in total. The number of hydrogen-bond acceptors (Lipinski definition) is 8. The van der Waals surface area contributed by atoms with Crippen LogP contribution in [0, 0.1) is 6.92 Å². The summed E-state index contributed by atoms with van der Waals surface area (Å²) >= 11 is 1.67. The van der Waals surface area contributed by atoms with Crippen molar-refractivity contribution in [2.75, 3.05) is 26.6 Å². The Morgan fingerprint density at radius 2 is 1.68 bits per heavy atom. The van der Waals surface area contributed by atoms with Gasteiger partial charge in [-0.25, -0.2) is 15.0 Å². The van der Waals surface area contributed by atoms with Gasteiger partial charge in [0.15, 0.2) is 11.5 Å². The highest BCUT2D eigenvalue weighted by atomic mass is 32.1. The molecule has 0 fully saturated rings. The van der Waals surface area contributed by atoms with Crippen LogP contribution in [0.4, 0.5) is 11.6 Å². The Labute approximate surface area is 168 Å². The number of aromatic nitrogens is 3. The summed E-state index contributed by atoms with van der Waals surface area (Å²) in [5.41, 5.74) is 2.55. The van der Waals surface area contributed by atoms with Gasteiger partial charge in [0.25, 0.3) is 0 Å². The number of rotatable bonds is 7. The summed E-state index contributed by atoms with van der Waals surface area (Å²) in [4.78, 5) is 14.7. The van der Waals surface area contributed by atoms with E-state index in [0.29, 0.717) is 29.1 Å². The Morgan fingerprint density at radius 1 is 1.00 bits per heavy atom. The molecule has 7 nitrogen and oxygen atoms in total. The van der Waals surface area contributed by atoms with Crippen molar-refractivity contribution in [2.45, 2.75) is 26.7 Å². The van der Waals surface area contributed by atoms with E-state index in [4.69, 9.17) is 14.2 Å². The Kier molecular flexibility index (Phi) is 5.99. The first-order chi connectivity index (χ1) is 13.5. The summed E-state index contributed by atoms with van der Waals surface area (Å²) in [6, 6.07) is 5.52. The zero-order valence-corrected chi connectivity index (χ0v) is 17.7. The van der Waals surface area contributed by atoms with Gasteiger partial charge in [0, 0.05) is 29.9 Å². The summed E-state index contributed by atoms with van der Waals surface area (Å²) in [7, 11) is 4.73. The number of nitrogens with zero attached hydrogens (tertiary/aromatic N) is 3. The van der Waals surface area contributed by atoms with Crippen LogP contribution in [0.2, 0.25) is 0 Å². The van der Waals surface area contributed by atoms with Gasteiger partial charge in [-0.1, -0.05) is 13.8 Å². The highest BCUT2D eigenvalue weighted by Crippen LogP contribution is 2.40. The van der Waals surface area contributed by atoms with Gasteiger partial charge in [-0.2, -0.15) is 0 Å². The quantitative estimate of drug-likeness (QED) is 0.610. The average Bonchev–Trinajstić information content (AvgIpc) is 3.09. The van der Waals surface area contributed by atoms with Crippen LogP contribution in [0.25, 0.3) is 10.6 Å². The molecule has 1 aromatic carbocycles. The maximum atomic E-state index is 5.40. The molecule has 0 radical (unpaired) electrons. The number of methoxy groups -OCH3 is 3. The highest BCUT2D eigenvalue weighted by Gasteiger charge is 2.16. The van der Waals surface area contributed by atoms with Crippen molar-refractivity contribution in [1.82, 2.24) is 15.0 Å². The molecule has 28 heavy (non-hydrogen) atoms. The van der Waals surface area contributed by atoms with E-state index in [1.165, 1.54) is 0 Å². The standard InChI is InChI=1S/C20H24N4O3S/c1-11(2)19-22-12(3)18(28-19)14-7-8-21-20(24-14)23-13-9-15(25-4)17(27-6)16(10-13)26-5/h7-11H,1-6H3,(H,21,23,24). The summed E-state index contributed by atoms with van der Waals surface area (Å²) in [6.45, 7) is 6.28. The second kappa shape index (κ2) is 8.43. The molecule has 0 atom stereocenters. The van der Waals surface area contributed by atoms with Crippen molar-refractivity contribution in [3.05, 3.63) is 35.1 Å². The largest absolute Gasteiger partial charge is 0.493 e. The van der Waals surface area contributed by atoms with E-state index in [9.17, 15) is 0 Å². The molecule has 0 spiro atoms. The van der Waals surface area contributed by atoms with Gasteiger partial charge < -0.3 is 19.5 Å². The minimum absolute atomic E-state index is 0.385. The molecule has 2 heterocycles. The van der Waals surface area contributed by atoms with Crippen LogP contribution >= 0.6 is 11.3 Å². The lowest BCUT2D eigenvalue weighted by Crippen LogP contribution is -2.00. The normalized spacial score (nSPS) is 10.8. The summed E-state index contributed by atoms with van der Waals surface area (Å²) in [5.74, 6) is 2.51. The molecule has 0 bridgehead atoms. The Bertz CT molecular complexity index is 947. The van der Waals surface area contributed by atoms with Crippen molar-refractivity contribution >= 4 is 23.0 Å². The number of aryl methyl sites for hydroxylation is 1. The van der Waals surface area contributed by atoms with Gasteiger partial charge in [-0.15, -0.1) is 11.3 Å². The molecule has 8 heteroatoms. The average molecular weight is 401 g/mol. The zero-order chi connectivity index (χ0) is 20.3. The Morgan fingerprint density at radius 3 is 2.21 bits per heavy atom. The lowest BCUT2D eigenvalue weighted by molar-refractivity contribution is 0.324. The van der Waals surface area contributed by atoms with E-state index in [0.717, 1.165) is 27.0 Å². The number of benzene rings is 1. The van der Waals surface area contributed by atoms with E-state index in [2.05, 4.69) is 34.1 Å². The summed E-state index contributed by atoms with van der Waals surface area (Å²) in [6.07, 6.45) is 1.73. The molecule has 0 aliphatic heterocycles. The molecule has 0 unspecified atom stereocenters. The molecule has 0 aliphatic rings. The van der Waals surface area contributed by atoms with Crippen molar-refractivity contribution in [3.8, 4) is 27.8 Å². The molecule has 0 aliphatic carbocycles. The second-order valence-electron chi connectivity index (χ2n) is 6.43. The topological polar surface area (TPSA) is 78.4 Å². The summed E-state index contributed by atoms with van der Waals surface area (Å²) in [5, 5.41) is 4.31. The second-order valence-corrected chi connectivity index (χ2v) is 7.46. The first-order valence-electron chi connectivity index (χ1n) is 8.84. The van der Waals surface area contributed by atoms with Crippen molar-refractivity contribution in [3.63, 3.8) is 0 Å². The molecule has 0 saturated carbocycles. The van der Waals surface area contributed by atoms with E-state index in [1.54, 1.807) is 38.9 Å². The van der Waals surface area contributed by atoms with E-state index < -0.39 is 0 Å². The fraction of sp³-hybridized carbons (Fsp3) is 0.350. The third-order valence-corrected chi connectivity index (χ3v) is 5.60. The van der Waals surface area contributed by atoms with Gasteiger partial charge in [0.1, 0.15) is 0 Å². The molecule has 148 valence electrons. The van der Waals surface area contributed by atoms with Crippen molar-refractivity contribution in [2.24, 2.45) is 0 Å². The fourth-order valence-electron chi connectivity index (χ4n) is 2.73. The lowest BCUT2D eigenvalue weighted by Gasteiger charge is -2.14. The predicted octanol–water partition coefficient (Wildman–Crippen LogP) is 4.80. The minimum atomic E-state index is 0.385. The van der Waals surface area contributed by atoms with Gasteiger partial charge in [0.05, 0.1) is 42.6 Å². The number of hydrogen-bond donors (Lipinski definition) is 1. The van der Waals surface area contributed by atoms with Gasteiger partial charge in [-0.05, 0) is 13.0 Å². The maximum Gasteiger partial charge on any atom is 0.227 e. The van der Waals surface area contributed by atoms with E-state index >= 15 is 0 Å². The number of nitrogens with one attached hydrogen (secondary N) is 1. The van der Waals surface area contributed by atoms with Gasteiger partial charge in [0.2, 0.25) is 11.7 Å². The van der Waals surface area contributed by atoms with Crippen LogP contribution < -0.4 is 19.5 Å². The molecule has 0 amide bonds. The molecule has 0 saturated heterocycles. The minimum Gasteiger partial charge on any atom is -0.493 e. The zero-order valence-electron chi connectivity index (χ0n) is 16.9. The molecule has 3 aromatic rings. The third kappa shape index (κ3) is 4.01. The first-order valence-corrected chi connectivity index (χ1v) is 9.66. The van der Waals surface area contributed by atoms with Crippen LogP contribution in [-0.4, -0.2) is 36.3 Å². The molecular formula is C20H24N4O3S. The van der Waals surface area contributed by atoms with E-state index in [-0.39, 0.29) is 0 Å². The van der Waals surface area contributed by atoms with Gasteiger partial charge in [-0.3, -0.25) is 0 Å². The number of ether oxygens (including phenoxy) is 3. The summed E-state index contributed by atoms with van der Waals surface area (Å²) < 4.78 is 16.2. The van der Waals surface area contributed by atoms with Crippen molar-refractivity contribution in [1.29, 1.82) is 0 Å². The lowest BCUT2D eigenvalue weighted by atomic mass is 10.2. The van der Waals surface area contributed by atoms with Crippen LogP contribution in [0.3, 0.4) is 0 Å². The van der Waals surface area contributed by atoms with Crippen LogP contribution in [0.1, 0.15) is 30.5 Å². The molecule has 2 aromatic heterocycles. The van der Waals surface area contributed by atoms with Crippen LogP contribution in [0.5, 0.6) is 17.2 Å². The fourth-order valence-corrected chi connectivity index (χ4v) is 3.77. The van der Waals surface area contributed by atoms with Crippen LogP contribution in [-0.2, 0) is 0 Å². The Hall–Kier alpha value is -2.87. The number of anilines is 2. The monoisotopic (exact) mass is 400 g/mol. The van der Waals surface area contributed by atoms with Gasteiger partial charge >= 0.3 is 0 Å². The highest BCUT2D eigenvalue weighted by molar-refractivity contribution is 7.15. The third-order valence-electron chi connectivity index (χ3n) is 4.12. The maximum absolute atomic E-state index is 5.40. The van der Waals surface area contributed by atoms with Crippen molar-refractivity contribution < 1.29 is 14.2 Å². The first kappa shape index (κ1) is 19.9. The smallest absolute Gasteiger partial charge is 0.227 e. The van der Waals surface area contributed by atoms with E-state index in [1.807, 2.05) is 25.1 Å². The number of thiazole rings is 1. The molecular weight excluding hydrogens is 376 g/mol. The van der Waals surface area contributed by atoms with Crippen LogP contribution in [0.15, 0.2) is 24.4 Å².